The van der Waals surface area contributed by atoms with Gasteiger partial charge in [0.15, 0.2) is 0 Å². The molecule has 0 radical (unpaired) electrons. The summed E-state index contributed by atoms with van der Waals surface area (Å²) in [6, 6.07) is 23.1. The number of halogens is 1. The molecule has 1 aromatic heterocycles. The fourth-order valence-corrected chi connectivity index (χ4v) is 4.57. The molecule has 4 aromatic rings. The Morgan fingerprint density at radius 2 is 1.75 bits per heavy atom. The highest BCUT2D eigenvalue weighted by Gasteiger charge is 2.29. The first kappa shape index (κ1) is 20.2. The number of benzene rings is 3. The zero-order valence-corrected chi connectivity index (χ0v) is 18.0. The largest absolute Gasteiger partial charge is 0.368 e. The average molecular weight is 429 g/mol. The standard InChI is InChI=1S/C26H25FN4O/c1-19(32)30-14-13-29(18-25(30)15-20-5-3-2-4-6-20)24-11-12-26-21(16-24)17-28-31(26)23-9-7-22(27)8-10-23/h2-12,16-17,25H,13-15,18H2,1H3/t25-/m1/s1. The molecule has 1 saturated heterocycles. The zero-order chi connectivity index (χ0) is 22.1. The van der Waals surface area contributed by atoms with Gasteiger partial charge in [0.05, 0.1) is 23.4 Å². The van der Waals surface area contributed by atoms with Crippen LogP contribution in [0, 0.1) is 5.82 Å². The van der Waals surface area contributed by atoms with Crippen LogP contribution in [-0.2, 0) is 11.2 Å². The molecule has 1 aliphatic heterocycles. The average Bonchev–Trinajstić information content (AvgIpc) is 3.23. The summed E-state index contributed by atoms with van der Waals surface area (Å²) >= 11 is 0. The maximum atomic E-state index is 13.3. The van der Waals surface area contributed by atoms with E-state index in [-0.39, 0.29) is 17.8 Å². The number of rotatable bonds is 4. The molecule has 1 atom stereocenters. The summed E-state index contributed by atoms with van der Waals surface area (Å²) in [7, 11) is 0. The van der Waals surface area contributed by atoms with Crippen LogP contribution in [0.1, 0.15) is 12.5 Å². The first-order valence-electron chi connectivity index (χ1n) is 10.9. The summed E-state index contributed by atoms with van der Waals surface area (Å²) in [5, 5.41) is 5.54. The van der Waals surface area contributed by atoms with E-state index >= 15 is 0 Å². The van der Waals surface area contributed by atoms with Gasteiger partial charge in [0.1, 0.15) is 5.82 Å². The summed E-state index contributed by atoms with van der Waals surface area (Å²) in [4.78, 5) is 16.6. The monoisotopic (exact) mass is 428 g/mol. The Hall–Kier alpha value is -3.67. The van der Waals surface area contributed by atoms with Crippen LogP contribution in [0.3, 0.4) is 0 Å². The van der Waals surface area contributed by atoms with E-state index in [9.17, 15) is 9.18 Å². The lowest BCUT2D eigenvalue weighted by molar-refractivity contribution is -0.131. The summed E-state index contributed by atoms with van der Waals surface area (Å²) in [5.41, 5.74) is 4.16. The molecule has 3 aromatic carbocycles. The lowest BCUT2D eigenvalue weighted by Crippen LogP contribution is -2.55. The van der Waals surface area contributed by atoms with Crippen LogP contribution in [0.2, 0.25) is 0 Å². The van der Waals surface area contributed by atoms with E-state index in [2.05, 4.69) is 40.3 Å². The predicted octanol–water partition coefficient (Wildman–Crippen LogP) is 4.44. The second kappa shape index (κ2) is 8.46. The number of aromatic nitrogens is 2. The van der Waals surface area contributed by atoms with Crippen molar-refractivity contribution in [1.82, 2.24) is 14.7 Å². The van der Waals surface area contributed by atoms with Gasteiger partial charge in [-0.25, -0.2) is 9.07 Å². The summed E-state index contributed by atoms with van der Waals surface area (Å²) in [6.45, 7) is 3.94. The van der Waals surface area contributed by atoms with E-state index in [1.54, 1.807) is 19.1 Å². The topological polar surface area (TPSA) is 41.4 Å². The molecule has 0 bridgehead atoms. The quantitative estimate of drug-likeness (QED) is 0.482. The Morgan fingerprint density at radius 1 is 1.00 bits per heavy atom. The van der Waals surface area contributed by atoms with Gasteiger partial charge < -0.3 is 9.80 Å². The van der Waals surface area contributed by atoms with Crippen molar-refractivity contribution in [3.63, 3.8) is 0 Å². The van der Waals surface area contributed by atoms with Gasteiger partial charge in [0, 0.05) is 37.6 Å². The molecule has 1 fully saturated rings. The molecule has 6 heteroatoms. The molecule has 32 heavy (non-hydrogen) atoms. The summed E-state index contributed by atoms with van der Waals surface area (Å²) < 4.78 is 15.1. The Balaban J connectivity index is 1.40. The Bertz CT molecular complexity index is 1240. The number of hydrogen-bond donors (Lipinski definition) is 0. The number of anilines is 1. The number of amides is 1. The highest BCUT2D eigenvalue weighted by atomic mass is 19.1. The molecule has 0 saturated carbocycles. The zero-order valence-electron chi connectivity index (χ0n) is 18.0. The van der Waals surface area contributed by atoms with E-state index in [0.717, 1.165) is 41.8 Å². The summed E-state index contributed by atoms with van der Waals surface area (Å²) in [6.07, 6.45) is 2.68. The van der Waals surface area contributed by atoms with Gasteiger partial charge >= 0.3 is 0 Å². The van der Waals surface area contributed by atoms with Crippen LogP contribution >= 0.6 is 0 Å². The van der Waals surface area contributed by atoms with E-state index in [1.165, 1.54) is 17.7 Å². The number of carbonyl (C=O) groups excluding carboxylic acids is 1. The molecule has 0 aliphatic carbocycles. The van der Waals surface area contributed by atoms with Crippen molar-refractivity contribution in [2.45, 2.75) is 19.4 Å². The van der Waals surface area contributed by atoms with Gasteiger partial charge in [-0.1, -0.05) is 30.3 Å². The van der Waals surface area contributed by atoms with E-state index in [4.69, 9.17) is 0 Å². The molecule has 162 valence electrons. The summed E-state index contributed by atoms with van der Waals surface area (Å²) in [5.74, 6) is -0.135. The number of piperazine rings is 1. The van der Waals surface area contributed by atoms with Gasteiger partial charge in [-0.05, 0) is 54.4 Å². The number of hydrogen-bond acceptors (Lipinski definition) is 3. The van der Waals surface area contributed by atoms with Crippen molar-refractivity contribution in [1.29, 1.82) is 0 Å². The van der Waals surface area contributed by atoms with Crippen molar-refractivity contribution in [3.05, 3.63) is 90.4 Å². The maximum Gasteiger partial charge on any atom is 0.219 e. The normalized spacial score (nSPS) is 16.5. The van der Waals surface area contributed by atoms with Crippen LogP contribution in [0.15, 0.2) is 79.0 Å². The van der Waals surface area contributed by atoms with Crippen molar-refractivity contribution in [2.24, 2.45) is 0 Å². The first-order chi connectivity index (χ1) is 15.6. The first-order valence-corrected chi connectivity index (χ1v) is 10.9. The smallest absolute Gasteiger partial charge is 0.219 e. The van der Waals surface area contributed by atoms with Crippen LogP contribution in [0.25, 0.3) is 16.6 Å². The molecule has 5 nitrogen and oxygen atoms in total. The van der Waals surface area contributed by atoms with E-state index in [0.29, 0.717) is 6.54 Å². The third-order valence-corrected chi connectivity index (χ3v) is 6.19. The Labute approximate surface area is 186 Å². The van der Waals surface area contributed by atoms with Crippen LogP contribution < -0.4 is 4.90 Å². The van der Waals surface area contributed by atoms with Crippen molar-refractivity contribution >= 4 is 22.5 Å². The van der Waals surface area contributed by atoms with Gasteiger partial charge in [-0.3, -0.25) is 4.79 Å². The highest BCUT2D eigenvalue weighted by Crippen LogP contribution is 2.27. The molecule has 0 N–H and O–H groups in total. The van der Waals surface area contributed by atoms with Crippen LogP contribution in [0.4, 0.5) is 10.1 Å². The van der Waals surface area contributed by atoms with Crippen molar-refractivity contribution < 1.29 is 9.18 Å². The molecule has 0 spiro atoms. The van der Waals surface area contributed by atoms with Crippen molar-refractivity contribution in [2.75, 3.05) is 24.5 Å². The molecular weight excluding hydrogens is 403 g/mol. The minimum atomic E-state index is -0.262. The van der Waals surface area contributed by atoms with Gasteiger partial charge in [-0.15, -0.1) is 0 Å². The fraction of sp³-hybridized carbons (Fsp3) is 0.231. The number of carbonyl (C=O) groups is 1. The maximum absolute atomic E-state index is 13.3. The van der Waals surface area contributed by atoms with E-state index < -0.39 is 0 Å². The molecule has 1 amide bonds. The number of nitrogens with zero attached hydrogens (tertiary/aromatic N) is 4. The predicted molar refractivity (Wildman–Crippen MR) is 125 cm³/mol. The van der Waals surface area contributed by atoms with Crippen molar-refractivity contribution in [3.8, 4) is 5.69 Å². The van der Waals surface area contributed by atoms with E-state index in [1.807, 2.05) is 34.0 Å². The second-order valence-electron chi connectivity index (χ2n) is 8.28. The van der Waals surface area contributed by atoms with Gasteiger partial charge in [0.2, 0.25) is 5.91 Å². The fourth-order valence-electron chi connectivity index (χ4n) is 4.57. The third-order valence-electron chi connectivity index (χ3n) is 6.19. The SMILES string of the molecule is CC(=O)N1CCN(c2ccc3c(cnn3-c3ccc(F)cc3)c2)C[C@H]1Cc1ccccc1. The number of fused-ring (bicyclic) bond motifs is 1. The molecule has 1 aliphatic rings. The van der Waals surface area contributed by atoms with Crippen LogP contribution in [0.5, 0.6) is 0 Å². The second-order valence-corrected chi connectivity index (χ2v) is 8.28. The Morgan fingerprint density at radius 3 is 2.50 bits per heavy atom. The lowest BCUT2D eigenvalue weighted by atomic mass is 10.0. The molecular formula is C26H25FN4O. The van der Waals surface area contributed by atoms with Crippen LogP contribution in [-0.4, -0.2) is 46.3 Å². The molecule has 5 rings (SSSR count). The highest BCUT2D eigenvalue weighted by molar-refractivity contribution is 5.84. The Kier molecular flexibility index (Phi) is 5.35. The van der Waals surface area contributed by atoms with Gasteiger partial charge in [0.25, 0.3) is 0 Å². The molecule has 0 unspecified atom stereocenters. The molecule has 2 heterocycles. The lowest BCUT2D eigenvalue weighted by Gasteiger charge is -2.42. The van der Waals surface area contributed by atoms with Gasteiger partial charge in [-0.2, -0.15) is 5.10 Å². The minimum Gasteiger partial charge on any atom is -0.368 e. The minimum absolute atomic E-state index is 0.126. The third kappa shape index (κ3) is 3.96.